The predicted octanol–water partition coefficient (Wildman–Crippen LogP) is 6.55. The Balaban J connectivity index is 1.45. The highest BCUT2D eigenvalue weighted by atomic mass is 16.7. The Morgan fingerprint density at radius 3 is 2.19 bits per heavy atom. The highest BCUT2D eigenvalue weighted by molar-refractivity contribution is 5.74. The summed E-state index contributed by atoms with van der Waals surface area (Å²) in [6.45, 7) is 4.86. The van der Waals surface area contributed by atoms with E-state index in [1.54, 1.807) is 7.11 Å². The first-order chi connectivity index (χ1) is 15.6. The van der Waals surface area contributed by atoms with Crippen LogP contribution >= 0.6 is 0 Å². The van der Waals surface area contributed by atoms with Crippen LogP contribution in [0.15, 0.2) is 71.1 Å². The number of ether oxygens (including phenoxy) is 4. The zero-order valence-electron chi connectivity index (χ0n) is 18.3. The molecule has 32 heavy (non-hydrogen) atoms. The molecule has 1 aliphatic rings. The summed E-state index contributed by atoms with van der Waals surface area (Å²) in [6, 6.07) is 21.8. The van der Waals surface area contributed by atoms with E-state index in [0.29, 0.717) is 18.1 Å². The molecule has 0 aliphatic carbocycles. The lowest BCUT2D eigenvalue weighted by atomic mass is 10.0. The van der Waals surface area contributed by atoms with Crippen molar-refractivity contribution in [2.75, 3.05) is 13.9 Å². The molecule has 4 aromatic rings. The van der Waals surface area contributed by atoms with Crippen molar-refractivity contribution in [2.45, 2.75) is 20.5 Å². The molecule has 5 nitrogen and oxygen atoms in total. The SMILES string of the molecule is COc1cc(-c2oc(-c3ccc4c(c3)OCO4)c(C)c2C)ccc1OCc1ccccc1. The lowest BCUT2D eigenvalue weighted by Crippen LogP contribution is -1.97. The molecule has 2 heterocycles. The van der Waals surface area contributed by atoms with E-state index in [4.69, 9.17) is 23.4 Å². The van der Waals surface area contributed by atoms with Crippen molar-refractivity contribution in [1.82, 2.24) is 0 Å². The first-order valence-electron chi connectivity index (χ1n) is 10.5. The molecule has 0 radical (unpaired) electrons. The minimum Gasteiger partial charge on any atom is -0.493 e. The third-order valence-corrected chi connectivity index (χ3v) is 5.75. The number of rotatable bonds is 6. The number of hydrogen-bond acceptors (Lipinski definition) is 5. The van der Waals surface area contributed by atoms with Crippen molar-refractivity contribution in [2.24, 2.45) is 0 Å². The van der Waals surface area contributed by atoms with Gasteiger partial charge in [-0.15, -0.1) is 0 Å². The fourth-order valence-electron chi connectivity index (χ4n) is 3.85. The molecule has 0 amide bonds. The second-order valence-corrected chi connectivity index (χ2v) is 7.72. The van der Waals surface area contributed by atoms with Crippen LogP contribution in [0.4, 0.5) is 0 Å². The van der Waals surface area contributed by atoms with Crippen LogP contribution in [-0.2, 0) is 6.61 Å². The molecule has 0 bridgehead atoms. The molecular weight excluding hydrogens is 404 g/mol. The third-order valence-electron chi connectivity index (χ3n) is 5.75. The maximum absolute atomic E-state index is 6.35. The van der Waals surface area contributed by atoms with E-state index in [2.05, 4.69) is 13.8 Å². The molecular formula is C27H24O5. The van der Waals surface area contributed by atoms with Crippen LogP contribution in [0.2, 0.25) is 0 Å². The van der Waals surface area contributed by atoms with E-state index in [-0.39, 0.29) is 6.79 Å². The summed E-state index contributed by atoms with van der Waals surface area (Å²) in [5, 5.41) is 0. The van der Waals surface area contributed by atoms with Crippen LogP contribution in [0.5, 0.6) is 23.0 Å². The monoisotopic (exact) mass is 428 g/mol. The Kier molecular flexibility index (Phi) is 5.23. The van der Waals surface area contributed by atoms with Gasteiger partial charge in [0.15, 0.2) is 23.0 Å². The smallest absolute Gasteiger partial charge is 0.231 e. The van der Waals surface area contributed by atoms with E-state index in [9.17, 15) is 0 Å². The molecule has 0 atom stereocenters. The maximum atomic E-state index is 6.35. The summed E-state index contributed by atoms with van der Waals surface area (Å²) in [5.74, 6) is 4.47. The van der Waals surface area contributed by atoms with Gasteiger partial charge in [0.1, 0.15) is 18.1 Å². The number of fused-ring (bicyclic) bond motifs is 1. The van der Waals surface area contributed by atoms with Crippen molar-refractivity contribution >= 4 is 0 Å². The molecule has 5 heteroatoms. The summed E-state index contributed by atoms with van der Waals surface area (Å²) < 4.78 is 28.9. The highest BCUT2D eigenvalue weighted by Crippen LogP contribution is 2.42. The number of hydrogen-bond donors (Lipinski definition) is 0. The molecule has 1 aromatic heterocycles. The Labute approximate surface area is 187 Å². The molecule has 5 rings (SSSR count). The molecule has 0 N–H and O–H groups in total. The van der Waals surface area contributed by atoms with Crippen molar-refractivity contribution in [3.63, 3.8) is 0 Å². The first kappa shape index (κ1) is 20.1. The van der Waals surface area contributed by atoms with Crippen molar-refractivity contribution < 1.29 is 23.4 Å². The van der Waals surface area contributed by atoms with Gasteiger partial charge < -0.3 is 23.4 Å². The lowest BCUT2D eigenvalue weighted by molar-refractivity contribution is 0.174. The van der Waals surface area contributed by atoms with Gasteiger partial charge in [-0.05, 0) is 66.9 Å². The summed E-state index contributed by atoms with van der Waals surface area (Å²) >= 11 is 0. The van der Waals surface area contributed by atoms with E-state index >= 15 is 0 Å². The highest BCUT2D eigenvalue weighted by Gasteiger charge is 2.21. The van der Waals surface area contributed by atoms with Crippen molar-refractivity contribution in [3.8, 4) is 45.6 Å². The Morgan fingerprint density at radius 1 is 0.750 bits per heavy atom. The number of benzene rings is 3. The van der Waals surface area contributed by atoms with Crippen LogP contribution < -0.4 is 18.9 Å². The van der Waals surface area contributed by atoms with Crippen molar-refractivity contribution in [1.29, 1.82) is 0 Å². The quantitative estimate of drug-likeness (QED) is 0.349. The van der Waals surface area contributed by atoms with Crippen LogP contribution in [0.1, 0.15) is 16.7 Å². The van der Waals surface area contributed by atoms with Gasteiger partial charge in [0, 0.05) is 11.1 Å². The molecule has 0 saturated carbocycles. The molecule has 0 spiro atoms. The van der Waals surface area contributed by atoms with Gasteiger partial charge >= 0.3 is 0 Å². The van der Waals surface area contributed by atoms with E-state index in [0.717, 1.165) is 50.8 Å². The van der Waals surface area contributed by atoms with E-state index in [1.165, 1.54) is 0 Å². The van der Waals surface area contributed by atoms with Crippen LogP contribution in [0.3, 0.4) is 0 Å². The summed E-state index contributed by atoms with van der Waals surface area (Å²) in [5.41, 5.74) is 5.15. The van der Waals surface area contributed by atoms with Crippen LogP contribution in [0.25, 0.3) is 22.6 Å². The molecule has 3 aromatic carbocycles. The van der Waals surface area contributed by atoms with Crippen LogP contribution in [0, 0.1) is 13.8 Å². The van der Waals surface area contributed by atoms with Gasteiger partial charge in [0.2, 0.25) is 6.79 Å². The van der Waals surface area contributed by atoms with Gasteiger partial charge in [-0.2, -0.15) is 0 Å². The molecule has 1 aliphatic heterocycles. The Hall–Kier alpha value is -3.86. The van der Waals surface area contributed by atoms with Gasteiger partial charge in [-0.1, -0.05) is 30.3 Å². The van der Waals surface area contributed by atoms with Gasteiger partial charge in [0.05, 0.1) is 7.11 Å². The lowest BCUT2D eigenvalue weighted by Gasteiger charge is -2.12. The topological polar surface area (TPSA) is 50.1 Å². The normalized spacial score (nSPS) is 12.1. The zero-order valence-corrected chi connectivity index (χ0v) is 18.3. The number of methoxy groups -OCH3 is 1. The summed E-state index contributed by atoms with van der Waals surface area (Å²) in [7, 11) is 1.65. The Morgan fingerprint density at radius 2 is 1.44 bits per heavy atom. The largest absolute Gasteiger partial charge is 0.493 e. The van der Waals surface area contributed by atoms with Gasteiger partial charge in [0.25, 0.3) is 0 Å². The van der Waals surface area contributed by atoms with E-state index < -0.39 is 0 Å². The third kappa shape index (κ3) is 3.66. The fourth-order valence-corrected chi connectivity index (χ4v) is 3.85. The molecule has 162 valence electrons. The fraction of sp³-hybridized carbons (Fsp3) is 0.185. The Bertz CT molecular complexity index is 1260. The average Bonchev–Trinajstić information content (AvgIpc) is 3.42. The summed E-state index contributed by atoms with van der Waals surface area (Å²) in [4.78, 5) is 0. The van der Waals surface area contributed by atoms with Gasteiger partial charge in [-0.3, -0.25) is 0 Å². The maximum Gasteiger partial charge on any atom is 0.231 e. The van der Waals surface area contributed by atoms with Gasteiger partial charge in [-0.25, -0.2) is 0 Å². The number of furan rings is 1. The minimum absolute atomic E-state index is 0.249. The first-order valence-corrected chi connectivity index (χ1v) is 10.5. The predicted molar refractivity (Wildman–Crippen MR) is 123 cm³/mol. The zero-order chi connectivity index (χ0) is 22.1. The second kappa shape index (κ2) is 8.35. The van der Waals surface area contributed by atoms with Crippen LogP contribution in [-0.4, -0.2) is 13.9 Å². The minimum atomic E-state index is 0.249. The van der Waals surface area contributed by atoms with E-state index in [1.807, 2.05) is 66.7 Å². The molecule has 0 saturated heterocycles. The molecule has 0 unspecified atom stereocenters. The summed E-state index contributed by atoms with van der Waals surface area (Å²) in [6.07, 6.45) is 0. The standard InChI is InChI=1S/C27H24O5/c1-17-18(2)27(21-10-12-23-25(14-21)31-16-30-23)32-26(17)20-9-11-22(24(13-20)28-3)29-15-19-7-5-4-6-8-19/h4-14H,15-16H2,1-3H3. The molecule has 0 fully saturated rings. The van der Waals surface area contributed by atoms with Crippen molar-refractivity contribution in [3.05, 3.63) is 83.4 Å². The average molecular weight is 428 g/mol. The second-order valence-electron chi connectivity index (χ2n) is 7.72.